The Bertz CT molecular complexity index is 562. The van der Waals surface area contributed by atoms with Crippen molar-refractivity contribution in [3.63, 3.8) is 0 Å². The van der Waals surface area contributed by atoms with Crippen molar-refractivity contribution in [2.75, 3.05) is 64.3 Å². The average molecular weight is 347 g/mol. The van der Waals surface area contributed by atoms with E-state index in [1.54, 1.807) is 6.20 Å². The smallest absolute Gasteiger partial charge is 0.320 e. The number of nitrogens with one attached hydrogen (secondary N) is 2. The molecule has 2 saturated heterocycles. The van der Waals surface area contributed by atoms with Crippen LogP contribution in [0.25, 0.3) is 0 Å². The molecule has 3 rings (SSSR count). The molecular formula is C18H29N5O2. The molecule has 2 fully saturated rings. The van der Waals surface area contributed by atoms with E-state index in [0.29, 0.717) is 18.3 Å². The van der Waals surface area contributed by atoms with Gasteiger partial charge in [-0.15, -0.1) is 0 Å². The number of aryl methyl sites for hydroxylation is 1. The van der Waals surface area contributed by atoms with Gasteiger partial charge in [-0.25, -0.2) is 9.78 Å². The fourth-order valence-electron chi connectivity index (χ4n) is 3.40. The molecule has 1 atom stereocenters. The molecule has 7 nitrogen and oxygen atoms in total. The van der Waals surface area contributed by atoms with Gasteiger partial charge >= 0.3 is 6.03 Å². The maximum absolute atomic E-state index is 12.0. The first-order valence-electron chi connectivity index (χ1n) is 9.19. The highest BCUT2D eigenvalue weighted by Crippen LogP contribution is 2.15. The second-order valence-electron chi connectivity index (χ2n) is 6.91. The van der Waals surface area contributed by atoms with Gasteiger partial charge in [-0.05, 0) is 37.4 Å². The number of morpholine rings is 1. The second-order valence-corrected chi connectivity index (χ2v) is 6.91. The van der Waals surface area contributed by atoms with Gasteiger partial charge in [0.25, 0.3) is 0 Å². The SMILES string of the molecule is Cc1cccnc1NC(=O)NC[C@H]1CCN(CCN2CCOCC2)C1. The lowest BCUT2D eigenvalue weighted by molar-refractivity contribution is 0.0343. The minimum Gasteiger partial charge on any atom is -0.379 e. The number of urea groups is 1. The summed E-state index contributed by atoms with van der Waals surface area (Å²) < 4.78 is 5.39. The van der Waals surface area contributed by atoms with Crippen LogP contribution in [-0.2, 0) is 4.74 Å². The van der Waals surface area contributed by atoms with Crippen LogP contribution in [0.1, 0.15) is 12.0 Å². The molecule has 0 aromatic carbocycles. The van der Waals surface area contributed by atoms with Crippen LogP contribution in [0.5, 0.6) is 0 Å². The van der Waals surface area contributed by atoms with Crippen LogP contribution < -0.4 is 10.6 Å². The number of carbonyl (C=O) groups is 1. The van der Waals surface area contributed by atoms with Crippen LogP contribution in [0, 0.1) is 12.8 Å². The molecular weight excluding hydrogens is 318 g/mol. The van der Waals surface area contributed by atoms with E-state index in [4.69, 9.17) is 4.74 Å². The van der Waals surface area contributed by atoms with Gasteiger partial charge in [-0.2, -0.15) is 0 Å². The number of likely N-dealkylation sites (tertiary alicyclic amines) is 1. The van der Waals surface area contributed by atoms with Crippen LogP contribution in [0.3, 0.4) is 0 Å². The zero-order valence-corrected chi connectivity index (χ0v) is 15.0. The normalized spacial score (nSPS) is 22.0. The largest absolute Gasteiger partial charge is 0.379 e. The van der Waals surface area contributed by atoms with Gasteiger partial charge in [0.15, 0.2) is 0 Å². The lowest BCUT2D eigenvalue weighted by Gasteiger charge is -2.28. The first-order valence-corrected chi connectivity index (χ1v) is 9.19. The predicted octanol–water partition coefficient (Wildman–Crippen LogP) is 1.17. The Morgan fingerprint density at radius 1 is 1.28 bits per heavy atom. The van der Waals surface area contributed by atoms with E-state index < -0.39 is 0 Å². The highest BCUT2D eigenvalue weighted by atomic mass is 16.5. The summed E-state index contributed by atoms with van der Waals surface area (Å²) in [6, 6.07) is 3.63. The molecule has 2 aliphatic heterocycles. The van der Waals surface area contributed by atoms with E-state index in [0.717, 1.165) is 64.5 Å². The maximum atomic E-state index is 12.0. The Balaban J connectivity index is 1.32. The fraction of sp³-hybridized carbons (Fsp3) is 0.667. The van der Waals surface area contributed by atoms with E-state index in [1.807, 2.05) is 19.1 Å². The number of amides is 2. The molecule has 2 aliphatic rings. The second kappa shape index (κ2) is 9.12. The molecule has 0 saturated carbocycles. The van der Waals surface area contributed by atoms with Gasteiger partial charge in [-0.3, -0.25) is 10.2 Å². The summed E-state index contributed by atoms with van der Waals surface area (Å²) in [4.78, 5) is 21.2. The van der Waals surface area contributed by atoms with Crippen molar-refractivity contribution in [2.45, 2.75) is 13.3 Å². The number of aromatic nitrogens is 1. The zero-order valence-electron chi connectivity index (χ0n) is 15.0. The number of anilines is 1. The summed E-state index contributed by atoms with van der Waals surface area (Å²) in [5.74, 6) is 1.15. The van der Waals surface area contributed by atoms with Crippen LogP contribution in [0.2, 0.25) is 0 Å². The lowest BCUT2D eigenvalue weighted by Crippen LogP contribution is -2.41. The topological polar surface area (TPSA) is 69.7 Å². The Labute approximate surface area is 149 Å². The van der Waals surface area contributed by atoms with Gasteiger partial charge in [0.1, 0.15) is 5.82 Å². The van der Waals surface area contributed by atoms with E-state index in [1.165, 1.54) is 0 Å². The number of rotatable bonds is 6. The minimum absolute atomic E-state index is 0.173. The molecule has 2 N–H and O–H groups in total. The first kappa shape index (κ1) is 18.1. The Hall–Kier alpha value is -1.70. The lowest BCUT2D eigenvalue weighted by atomic mass is 10.1. The van der Waals surface area contributed by atoms with Gasteiger partial charge < -0.3 is 15.0 Å². The summed E-state index contributed by atoms with van der Waals surface area (Å²) in [7, 11) is 0. The van der Waals surface area contributed by atoms with Crippen LogP contribution in [0.15, 0.2) is 18.3 Å². The van der Waals surface area contributed by atoms with Gasteiger partial charge in [0.05, 0.1) is 13.2 Å². The molecule has 1 aromatic heterocycles. The van der Waals surface area contributed by atoms with E-state index in [9.17, 15) is 4.79 Å². The number of pyridine rings is 1. The number of carbonyl (C=O) groups excluding carboxylic acids is 1. The van der Waals surface area contributed by atoms with Crippen molar-refractivity contribution in [3.05, 3.63) is 23.9 Å². The molecule has 25 heavy (non-hydrogen) atoms. The molecule has 0 spiro atoms. The van der Waals surface area contributed by atoms with Crippen molar-refractivity contribution in [1.29, 1.82) is 0 Å². The molecule has 2 amide bonds. The highest BCUT2D eigenvalue weighted by Gasteiger charge is 2.23. The van der Waals surface area contributed by atoms with E-state index in [-0.39, 0.29) is 6.03 Å². The average Bonchev–Trinajstić information content (AvgIpc) is 3.09. The molecule has 0 unspecified atom stereocenters. The highest BCUT2D eigenvalue weighted by molar-refractivity contribution is 5.88. The predicted molar refractivity (Wildman–Crippen MR) is 97.8 cm³/mol. The zero-order chi connectivity index (χ0) is 17.5. The van der Waals surface area contributed by atoms with Gasteiger partial charge in [0, 0.05) is 45.5 Å². The van der Waals surface area contributed by atoms with Crippen molar-refractivity contribution < 1.29 is 9.53 Å². The van der Waals surface area contributed by atoms with Crippen molar-refractivity contribution in [3.8, 4) is 0 Å². The number of hydrogen-bond acceptors (Lipinski definition) is 5. The maximum Gasteiger partial charge on any atom is 0.320 e. The third-order valence-electron chi connectivity index (χ3n) is 5.00. The summed E-state index contributed by atoms with van der Waals surface area (Å²) in [5.41, 5.74) is 0.966. The fourth-order valence-corrected chi connectivity index (χ4v) is 3.40. The van der Waals surface area contributed by atoms with Gasteiger partial charge in [-0.1, -0.05) is 6.07 Å². The Morgan fingerprint density at radius 3 is 2.88 bits per heavy atom. The Kier molecular flexibility index (Phi) is 6.61. The van der Waals surface area contributed by atoms with Crippen molar-refractivity contribution in [2.24, 2.45) is 5.92 Å². The molecule has 3 heterocycles. The molecule has 0 bridgehead atoms. The van der Waals surface area contributed by atoms with Gasteiger partial charge in [0.2, 0.25) is 0 Å². The summed E-state index contributed by atoms with van der Waals surface area (Å²) in [6.07, 6.45) is 2.83. The molecule has 138 valence electrons. The number of hydrogen-bond donors (Lipinski definition) is 2. The Morgan fingerprint density at radius 2 is 2.08 bits per heavy atom. The van der Waals surface area contributed by atoms with E-state index >= 15 is 0 Å². The van der Waals surface area contributed by atoms with E-state index in [2.05, 4.69) is 25.4 Å². The molecule has 0 aliphatic carbocycles. The van der Waals surface area contributed by atoms with Crippen molar-refractivity contribution in [1.82, 2.24) is 20.1 Å². The van der Waals surface area contributed by atoms with Crippen LogP contribution >= 0.6 is 0 Å². The quantitative estimate of drug-likeness (QED) is 0.808. The summed E-state index contributed by atoms with van der Waals surface area (Å²) >= 11 is 0. The van der Waals surface area contributed by atoms with Crippen LogP contribution in [0.4, 0.5) is 10.6 Å². The van der Waals surface area contributed by atoms with Crippen molar-refractivity contribution >= 4 is 11.8 Å². The third-order valence-corrected chi connectivity index (χ3v) is 5.00. The molecule has 7 heteroatoms. The number of ether oxygens (including phenoxy) is 1. The number of nitrogens with zero attached hydrogens (tertiary/aromatic N) is 3. The minimum atomic E-state index is -0.173. The van der Waals surface area contributed by atoms with Crippen LogP contribution in [-0.4, -0.2) is 79.8 Å². The summed E-state index contributed by atoms with van der Waals surface area (Å²) in [6.45, 7) is 10.9. The first-order chi connectivity index (χ1) is 12.2. The monoisotopic (exact) mass is 347 g/mol. The standard InChI is InChI=1S/C18H29N5O2/c1-15-3-2-5-19-17(15)21-18(24)20-13-16-4-6-23(14-16)8-7-22-9-11-25-12-10-22/h2-3,5,16H,4,6-14H2,1H3,(H2,19,20,21,24)/t16-/m1/s1. The molecule has 0 radical (unpaired) electrons. The molecule has 1 aromatic rings. The third kappa shape index (κ3) is 5.66. The summed E-state index contributed by atoms with van der Waals surface area (Å²) in [5, 5.41) is 5.80.